The number of hydrogen-bond acceptors (Lipinski definition) is 1. The van der Waals surface area contributed by atoms with Crippen LogP contribution >= 0.6 is 11.6 Å². The van der Waals surface area contributed by atoms with Crippen LogP contribution in [-0.2, 0) is 4.79 Å². The van der Waals surface area contributed by atoms with Crippen molar-refractivity contribution in [2.45, 2.75) is 26.7 Å². The lowest BCUT2D eigenvalue weighted by Crippen LogP contribution is -1.85. The van der Waals surface area contributed by atoms with Crippen LogP contribution in [0.4, 0.5) is 0 Å². The Morgan fingerprint density at radius 3 is 2.50 bits per heavy atom. The van der Waals surface area contributed by atoms with Crippen LogP contribution in [-0.4, -0.2) is 5.24 Å². The standard InChI is InChI=1S/C12H17ClO/c1-3-8-11(2)9-6-4-5-7-10-12(13)14/h4-7,9-11H,3,8H2,1-2H3/b5-4+,9-6+,10-7+. The second-order valence-corrected chi connectivity index (χ2v) is 3.57. The van der Waals surface area contributed by atoms with Crippen molar-refractivity contribution in [3.8, 4) is 0 Å². The van der Waals surface area contributed by atoms with Gasteiger partial charge in [-0.15, -0.1) is 0 Å². The second kappa shape index (κ2) is 8.76. The minimum absolute atomic E-state index is 0.446. The predicted octanol–water partition coefficient (Wildman–Crippen LogP) is 3.86. The fraction of sp³-hybridized carbons (Fsp3) is 0.417. The van der Waals surface area contributed by atoms with Crippen molar-refractivity contribution in [2.24, 2.45) is 5.92 Å². The van der Waals surface area contributed by atoms with Crippen molar-refractivity contribution >= 4 is 16.8 Å². The van der Waals surface area contributed by atoms with Gasteiger partial charge >= 0.3 is 0 Å². The summed E-state index contributed by atoms with van der Waals surface area (Å²) in [7, 11) is 0. The molecule has 0 aromatic carbocycles. The third-order valence-corrected chi connectivity index (χ3v) is 1.87. The summed E-state index contributed by atoms with van der Waals surface area (Å²) in [6.45, 7) is 4.36. The van der Waals surface area contributed by atoms with E-state index in [2.05, 4.69) is 19.9 Å². The average molecular weight is 213 g/mol. The molecule has 0 aromatic heterocycles. The van der Waals surface area contributed by atoms with Crippen molar-refractivity contribution in [3.63, 3.8) is 0 Å². The molecule has 0 radical (unpaired) electrons. The Morgan fingerprint density at radius 2 is 1.93 bits per heavy atom. The zero-order chi connectivity index (χ0) is 10.8. The SMILES string of the molecule is CCCC(C)/C=C/C=C/C=C/C(=O)Cl. The summed E-state index contributed by atoms with van der Waals surface area (Å²) in [6, 6.07) is 0. The molecule has 0 rings (SSSR count). The zero-order valence-corrected chi connectivity index (χ0v) is 9.50. The van der Waals surface area contributed by atoms with Gasteiger partial charge in [0.25, 0.3) is 0 Å². The minimum Gasteiger partial charge on any atom is -0.276 e. The summed E-state index contributed by atoms with van der Waals surface area (Å²) in [4.78, 5) is 10.3. The molecule has 78 valence electrons. The summed E-state index contributed by atoms with van der Waals surface area (Å²) >= 11 is 5.10. The zero-order valence-electron chi connectivity index (χ0n) is 8.74. The molecule has 1 unspecified atom stereocenters. The van der Waals surface area contributed by atoms with E-state index < -0.39 is 5.24 Å². The predicted molar refractivity (Wildman–Crippen MR) is 62.4 cm³/mol. The molecule has 2 heteroatoms. The second-order valence-electron chi connectivity index (χ2n) is 3.20. The summed E-state index contributed by atoms with van der Waals surface area (Å²) in [5.41, 5.74) is 0. The molecule has 1 nitrogen and oxygen atoms in total. The first kappa shape index (κ1) is 13.2. The molecular formula is C12H17ClO. The van der Waals surface area contributed by atoms with E-state index >= 15 is 0 Å². The van der Waals surface area contributed by atoms with Gasteiger partial charge in [0, 0.05) is 0 Å². The van der Waals surface area contributed by atoms with Gasteiger partial charge in [-0.2, -0.15) is 0 Å². The van der Waals surface area contributed by atoms with Gasteiger partial charge in [0.15, 0.2) is 0 Å². The number of halogens is 1. The number of allylic oxidation sites excluding steroid dienone is 6. The maximum absolute atomic E-state index is 10.3. The monoisotopic (exact) mass is 212 g/mol. The molecule has 0 spiro atoms. The average Bonchev–Trinajstić information content (AvgIpc) is 2.11. The van der Waals surface area contributed by atoms with Crippen molar-refractivity contribution in [2.75, 3.05) is 0 Å². The van der Waals surface area contributed by atoms with E-state index in [0.717, 1.165) is 0 Å². The van der Waals surface area contributed by atoms with Gasteiger partial charge in [-0.25, -0.2) is 0 Å². The number of carbonyl (C=O) groups excluding carboxylic acids is 1. The number of hydrogen-bond donors (Lipinski definition) is 0. The lowest BCUT2D eigenvalue weighted by molar-refractivity contribution is -0.107. The molecule has 14 heavy (non-hydrogen) atoms. The molecule has 0 amide bonds. The quantitative estimate of drug-likeness (QED) is 0.371. The van der Waals surface area contributed by atoms with Gasteiger partial charge in [0.1, 0.15) is 0 Å². The Morgan fingerprint density at radius 1 is 1.29 bits per heavy atom. The van der Waals surface area contributed by atoms with E-state index in [-0.39, 0.29) is 0 Å². The highest BCUT2D eigenvalue weighted by Gasteiger charge is 1.91. The molecule has 0 saturated heterocycles. The Hall–Kier alpha value is -0.820. The number of rotatable bonds is 6. The molecule has 0 aliphatic rings. The summed E-state index contributed by atoms with van der Waals surface area (Å²) in [5, 5.41) is -0.446. The van der Waals surface area contributed by atoms with E-state index in [4.69, 9.17) is 11.6 Å². The smallest absolute Gasteiger partial charge is 0.245 e. The molecule has 0 aromatic rings. The Balaban J connectivity index is 3.75. The molecule has 0 saturated carbocycles. The first-order valence-corrected chi connectivity index (χ1v) is 5.25. The maximum Gasteiger partial charge on any atom is 0.245 e. The van der Waals surface area contributed by atoms with Crippen LogP contribution in [0.5, 0.6) is 0 Å². The van der Waals surface area contributed by atoms with Gasteiger partial charge < -0.3 is 0 Å². The molecule has 0 fully saturated rings. The first-order valence-electron chi connectivity index (χ1n) is 4.87. The minimum atomic E-state index is -0.446. The van der Waals surface area contributed by atoms with E-state index in [1.165, 1.54) is 18.9 Å². The van der Waals surface area contributed by atoms with Gasteiger partial charge in [-0.3, -0.25) is 4.79 Å². The highest BCUT2D eigenvalue weighted by Crippen LogP contribution is 2.05. The Labute approximate surface area is 91.1 Å². The van der Waals surface area contributed by atoms with Crippen LogP contribution in [0.25, 0.3) is 0 Å². The summed E-state index contributed by atoms with van der Waals surface area (Å²) < 4.78 is 0. The number of carbonyl (C=O) groups is 1. The lowest BCUT2D eigenvalue weighted by atomic mass is 10.1. The molecule has 1 atom stereocenters. The fourth-order valence-electron chi connectivity index (χ4n) is 1.06. The highest BCUT2D eigenvalue weighted by atomic mass is 35.5. The summed E-state index contributed by atoms with van der Waals surface area (Å²) in [5.74, 6) is 0.614. The third kappa shape index (κ3) is 9.27. The third-order valence-electron chi connectivity index (χ3n) is 1.74. The molecule has 0 N–H and O–H groups in total. The van der Waals surface area contributed by atoms with Gasteiger partial charge in [0.2, 0.25) is 5.24 Å². The van der Waals surface area contributed by atoms with Gasteiger partial charge in [-0.05, 0) is 30.0 Å². The van der Waals surface area contributed by atoms with E-state index in [0.29, 0.717) is 5.92 Å². The van der Waals surface area contributed by atoms with Crippen LogP contribution in [0.15, 0.2) is 36.5 Å². The molecule has 0 bridgehead atoms. The van der Waals surface area contributed by atoms with Crippen molar-refractivity contribution < 1.29 is 4.79 Å². The van der Waals surface area contributed by atoms with Gasteiger partial charge in [-0.1, -0.05) is 50.6 Å². The van der Waals surface area contributed by atoms with Crippen LogP contribution in [0.2, 0.25) is 0 Å². The van der Waals surface area contributed by atoms with Crippen LogP contribution in [0.3, 0.4) is 0 Å². The topological polar surface area (TPSA) is 17.1 Å². The van der Waals surface area contributed by atoms with Crippen molar-refractivity contribution in [3.05, 3.63) is 36.5 Å². The molecular weight excluding hydrogens is 196 g/mol. The van der Waals surface area contributed by atoms with Crippen LogP contribution < -0.4 is 0 Å². The molecule has 0 heterocycles. The normalized spacial score (nSPS) is 14.5. The van der Waals surface area contributed by atoms with Crippen LogP contribution in [0, 0.1) is 5.92 Å². The first-order chi connectivity index (χ1) is 6.66. The van der Waals surface area contributed by atoms with E-state index in [9.17, 15) is 4.79 Å². The summed E-state index contributed by atoms with van der Waals surface area (Å²) in [6.07, 6.45) is 13.2. The van der Waals surface area contributed by atoms with Gasteiger partial charge in [0.05, 0.1) is 0 Å². The lowest BCUT2D eigenvalue weighted by Gasteiger charge is -2.00. The van der Waals surface area contributed by atoms with Crippen molar-refractivity contribution in [1.29, 1.82) is 0 Å². The van der Waals surface area contributed by atoms with E-state index in [1.54, 1.807) is 12.2 Å². The highest BCUT2D eigenvalue weighted by molar-refractivity contribution is 6.66. The largest absolute Gasteiger partial charge is 0.276 e. The maximum atomic E-state index is 10.3. The molecule has 0 aliphatic carbocycles. The molecule has 0 aliphatic heterocycles. The van der Waals surface area contributed by atoms with Crippen LogP contribution in [0.1, 0.15) is 26.7 Å². The van der Waals surface area contributed by atoms with Crippen molar-refractivity contribution in [1.82, 2.24) is 0 Å². The van der Waals surface area contributed by atoms with E-state index in [1.807, 2.05) is 12.2 Å². The fourth-order valence-corrected chi connectivity index (χ4v) is 1.14. The Bertz CT molecular complexity index is 239. The Kier molecular flexibility index (Phi) is 8.25.